The van der Waals surface area contributed by atoms with Gasteiger partial charge in [0.05, 0.1) is 18.1 Å². The van der Waals surface area contributed by atoms with Crippen molar-refractivity contribution in [3.05, 3.63) is 60.4 Å². The van der Waals surface area contributed by atoms with Crippen LogP contribution in [-0.2, 0) is 0 Å². The standard InChI is InChI=1S/C15H12FN5O/c1-10-2-7-15(21-20-10)22-12-5-3-11(4-6-12)19-14-9-17-13(16)8-18-14/h2-9H,1H3,(H,18,19). The van der Waals surface area contributed by atoms with Gasteiger partial charge in [-0.3, -0.25) is 0 Å². The Morgan fingerprint density at radius 1 is 0.955 bits per heavy atom. The topological polar surface area (TPSA) is 72.8 Å². The van der Waals surface area contributed by atoms with Crippen molar-refractivity contribution in [1.29, 1.82) is 0 Å². The summed E-state index contributed by atoms with van der Waals surface area (Å²) in [6.45, 7) is 1.86. The Morgan fingerprint density at radius 2 is 1.77 bits per heavy atom. The van der Waals surface area contributed by atoms with E-state index < -0.39 is 5.95 Å². The van der Waals surface area contributed by atoms with Gasteiger partial charge >= 0.3 is 0 Å². The molecule has 0 amide bonds. The fourth-order valence-corrected chi connectivity index (χ4v) is 1.69. The molecular formula is C15H12FN5O. The van der Waals surface area contributed by atoms with E-state index in [1.165, 1.54) is 6.20 Å². The number of aromatic nitrogens is 4. The van der Waals surface area contributed by atoms with E-state index in [1.54, 1.807) is 18.2 Å². The first-order valence-electron chi connectivity index (χ1n) is 6.52. The second kappa shape index (κ2) is 6.13. The fourth-order valence-electron chi connectivity index (χ4n) is 1.69. The molecule has 0 atom stereocenters. The Morgan fingerprint density at radius 3 is 2.41 bits per heavy atom. The van der Waals surface area contributed by atoms with E-state index in [4.69, 9.17) is 4.74 Å². The van der Waals surface area contributed by atoms with Crippen LogP contribution in [0.1, 0.15) is 5.69 Å². The van der Waals surface area contributed by atoms with Gasteiger partial charge in [0.25, 0.3) is 0 Å². The molecule has 22 heavy (non-hydrogen) atoms. The van der Waals surface area contributed by atoms with Crippen LogP contribution in [0.5, 0.6) is 11.6 Å². The second-order valence-corrected chi connectivity index (χ2v) is 4.49. The molecule has 3 rings (SSSR count). The molecule has 0 aliphatic carbocycles. The molecule has 0 saturated heterocycles. The average Bonchev–Trinajstić information content (AvgIpc) is 2.54. The zero-order valence-electron chi connectivity index (χ0n) is 11.7. The van der Waals surface area contributed by atoms with Crippen LogP contribution in [-0.4, -0.2) is 20.2 Å². The summed E-state index contributed by atoms with van der Waals surface area (Å²) in [4.78, 5) is 7.40. The molecule has 6 nitrogen and oxygen atoms in total. The monoisotopic (exact) mass is 297 g/mol. The highest BCUT2D eigenvalue weighted by molar-refractivity contribution is 5.56. The summed E-state index contributed by atoms with van der Waals surface area (Å²) < 4.78 is 18.3. The number of hydrogen-bond donors (Lipinski definition) is 1. The van der Waals surface area contributed by atoms with Crippen molar-refractivity contribution in [3.8, 4) is 11.6 Å². The van der Waals surface area contributed by atoms with E-state index in [0.29, 0.717) is 17.4 Å². The molecule has 1 N–H and O–H groups in total. The number of anilines is 2. The van der Waals surface area contributed by atoms with Gasteiger partial charge in [-0.15, -0.1) is 5.10 Å². The summed E-state index contributed by atoms with van der Waals surface area (Å²) in [6.07, 6.45) is 2.37. The number of ether oxygens (including phenoxy) is 1. The molecule has 0 radical (unpaired) electrons. The molecule has 7 heteroatoms. The maximum absolute atomic E-state index is 12.7. The highest BCUT2D eigenvalue weighted by atomic mass is 19.1. The predicted octanol–water partition coefficient (Wildman–Crippen LogP) is 3.25. The molecule has 0 saturated carbocycles. The number of hydrogen-bond acceptors (Lipinski definition) is 6. The Hall–Kier alpha value is -3.09. The van der Waals surface area contributed by atoms with Crippen molar-refractivity contribution < 1.29 is 9.13 Å². The largest absolute Gasteiger partial charge is 0.438 e. The number of halogens is 1. The Labute approximate surface area is 126 Å². The van der Waals surface area contributed by atoms with Crippen LogP contribution in [0, 0.1) is 12.9 Å². The Kier molecular flexibility index (Phi) is 3.86. The van der Waals surface area contributed by atoms with Crippen LogP contribution < -0.4 is 10.1 Å². The minimum absolute atomic E-state index is 0.427. The van der Waals surface area contributed by atoms with E-state index in [0.717, 1.165) is 17.6 Å². The first-order valence-corrected chi connectivity index (χ1v) is 6.52. The van der Waals surface area contributed by atoms with Crippen molar-refractivity contribution in [3.63, 3.8) is 0 Å². The first kappa shape index (κ1) is 13.9. The third-order valence-electron chi connectivity index (χ3n) is 2.74. The minimum atomic E-state index is -0.617. The van der Waals surface area contributed by atoms with E-state index >= 15 is 0 Å². The minimum Gasteiger partial charge on any atom is -0.438 e. The van der Waals surface area contributed by atoms with Gasteiger partial charge in [0.2, 0.25) is 11.8 Å². The number of aryl methyl sites for hydroxylation is 1. The molecule has 0 bridgehead atoms. The lowest BCUT2D eigenvalue weighted by Crippen LogP contribution is -1.96. The van der Waals surface area contributed by atoms with E-state index in [-0.39, 0.29) is 0 Å². The van der Waals surface area contributed by atoms with Crippen LogP contribution in [0.15, 0.2) is 48.8 Å². The molecule has 3 aromatic rings. The maximum Gasteiger partial charge on any atom is 0.238 e. The zero-order valence-corrected chi connectivity index (χ0v) is 11.7. The summed E-state index contributed by atoms with van der Waals surface area (Å²) in [6, 6.07) is 10.7. The van der Waals surface area contributed by atoms with Gasteiger partial charge < -0.3 is 10.1 Å². The van der Waals surface area contributed by atoms with Gasteiger partial charge in [-0.25, -0.2) is 9.97 Å². The van der Waals surface area contributed by atoms with E-state index in [1.807, 2.05) is 25.1 Å². The molecule has 0 aliphatic heterocycles. The summed E-state index contributed by atoms with van der Waals surface area (Å²) >= 11 is 0. The highest BCUT2D eigenvalue weighted by Crippen LogP contribution is 2.22. The third-order valence-corrected chi connectivity index (χ3v) is 2.74. The van der Waals surface area contributed by atoms with E-state index in [9.17, 15) is 4.39 Å². The van der Waals surface area contributed by atoms with Crippen molar-refractivity contribution in [2.45, 2.75) is 6.92 Å². The summed E-state index contributed by atoms with van der Waals surface area (Å²) in [5.74, 6) is 0.901. The molecular weight excluding hydrogens is 285 g/mol. The lowest BCUT2D eigenvalue weighted by molar-refractivity contribution is 0.454. The lowest BCUT2D eigenvalue weighted by atomic mass is 10.3. The normalized spacial score (nSPS) is 10.3. The van der Waals surface area contributed by atoms with Crippen molar-refractivity contribution in [1.82, 2.24) is 20.2 Å². The van der Waals surface area contributed by atoms with Crippen LogP contribution in [0.25, 0.3) is 0 Å². The third kappa shape index (κ3) is 3.51. The smallest absolute Gasteiger partial charge is 0.238 e. The second-order valence-electron chi connectivity index (χ2n) is 4.49. The zero-order chi connectivity index (χ0) is 15.4. The van der Waals surface area contributed by atoms with Crippen molar-refractivity contribution in [2.75, 3.05) is 5.32 Å². The molecule has 0 spiro atoms. The summed E-state index contributed by atoms with van der Waals surface area (Å²) in [7, 11) is 0. The number of nitrogens with zero attached hydrogens (tertiary/aromatic N) is 4. The summed E-state index contributed by atoms with van der Waals surface area (Å²) in [5, 5.41) is 10.9. The summed E-state index contributed by atoms with van der Waals surface area (Å²) in [5.41, 5.74) is 1.61. The quantitative estimate of drug-likeness (QED) is 0.797. The van der Waals surface area contributed by atoms with Crippen LogP contribution in [0.2, 0.25) is 0 Å². The highest BCUT2D eigenvalue weighted by Gasteiger charge is 2.01. The van der Waals surface area contributed by atoms with E-state index in [2.05, 4.69) is 25.5 Å². The SMILES string of the molecule is Cc1ccc(Oc2ccc(Nc3cnc(F)cn3)cc2)nn1. The van der Waals surface area contributed by atoms with Gasteiger partial charge in [-0.2, -0.15) is 9.49 Å². The molecule has 2 aromatic heterocycles. The number of nitrogens with one attached hydrogen (secondary N) is 1. The van der Waals surface area contributed by atoms with Gasteiger partial charge in [0, 0.05) is 11.8 Å². The molecule has 2 heterocycles. The maximum atomic E-state index is 12.7. The number of benzene rings is 1. The van der Waals surface area contributed by atoms with Crippen molar-refractivity contribution >= 4 is 11.5 Å². The predicted molar refractivity (Wildman–Crippen MR) is 78.6 cm³/mol. The molecule has 0 fully saturated rings. The van der Waals surface area contributed by atoms with Crippen LogP contribution >= 0.6 is 0 Å². The lowest BCUT2D eigenvalue weighted by Gasteiger charge is -2.07. The van der Waals surface area contributed by atoms with Gasteiger partial charge in [0.15, 0.2) is 0 Å². The van der Waals surface area contributed by atoms with Gasteiger partial charge in [-0.1, -0.05) is 0 Å². The Balaban J connectivity index is 1.67. The molecule has 0 unspecified atom stereocenters. The first-order chi connectivity index (χ1) is 10.7. The molecule has 110 valence electrons. The van der Waals surface area contributed by atoms with Crippen molar-refractivity contribution in [2.24, 2.45) is 0 Å². The average molecular weight is 297 g/mol. The van der Waals surface area contributed by atoms with Gasteiger partial charge in [0.1, 0.15) is 11.6 Å². The number of rotatable bonds is 4. The Bertz CT molecular complexity index is 678. The van der Waals surface area contributed by atoms with Crippen LogP contribution in [0.3, 0.4) is 0 Å². The fraction of sp³-hybridized carbons (Fsp3) is 0.0667. The van der Waals surface area contributed by atoms with Gasteiger partial charge in [-0.05, 0) is 37.3 Å². The molecule has 0 aliphatic rings. The molecule has 1 aromatic carbocycles. The van der Waals surface area contributed by atoms with Crippen LogP contribution in [0.4, 0.5) is 15.9 Å².